The number of hydrogen-bond donors (Lipinski definition) is 0. The molecule has 1 amide bonds. The van der Waals surface area contributed by atoms with Crippen LogP contribution in [0.25, 0.3) is 0 Å². The summed E-state index contributed by atoms with van der Waals surface area (Å²) >= 11 is 0. The number of hydrogen-bond acceptors (Lipinski definition) is 3. The molecule has 0 radical (unpaired) electrons. The molecule has 0 aliphatic carbocycles. The summed E-state index contributed by atoms with van der Waals surface area (Å²) in [4.78, 5) is 13.7. The number of anilines is 1. The van der Waals surface area contributed by atoms with E-state index in [1.54, 1.807) is 4.90 Å². The van der Waals surface area contributed by atoms with Gasteiger partial charge in [-0.1, -0.05) is 18.2 Å². The Hall–Kier alpha value is -1.07. The Kier molecular flexibility index (Phi) is 3.92. The van der Waals surface area contributed by atoms with Gasteiger partial charge in [-0.2, -0.15) is 0 Å². The molecule has 0 unspecified atom stereocenters. The van der Waals surface area contributed by atoms with Crippen molar-refractivity contribution in [2.75, 3.05) is 17.2 Å². The van der Waals surface area contributed by atoms with Gasteiger partial charge in [0.05, 0.1) is 5.75 Å². The number of fused-ring (bicyclic) bond motifs is 1. The maximum Gasteiger partial charge on any atom is 0.233 e. The zero-order chi connectivity index (χ0) is 13.2. The predicted octanol–water partition coefficient (Wildman–Crippen LogP) is 1.92. The van der Waals surface area contributed by atoms with Gasteiger partial charge in [-0.15, -0.1) is 0 Å². The Balaban J connectivity index is 2.13. The van der Waals surface area contributed by atoms with Crippen molar-refractivity contribution in [2.45, 2.75) is 19.3 Å². The first kappa shape index (κ1) is 13.4. The van der Waals surface area contributed by atoms with Crippen LogP contribution < -0.4 is 4.90 Å². The van der Waals surface area contributed by atoms with Crippen molar-refractivity contribution in [3.8, 4) is 0 Å². The van der Waals surface area contributed by atoms with Crippen LogP contribution in [-0.4, -0.2) is 26.6 Å². The summed E-state index contributed by atoms with van der Waals surface area (Å²) in [6, 6.07) is 7.70. The maximum absolute atomic E-state index is 12.0. The highest BCUT2D eigenvalue weighted by Crippen LogP contribution is 2.27. The molecule has 98 valence electrons. The van der Waals surface area contributed by atoms with Gasteiger partial charge in [-0.05, 0) is 24.5 Å². The van der Waals surface area contributed by atoms with E-state index in [2.05, 4.69) is 0 Å². The lowest BCUT2D eigenvalue weighted by Crippen LogP contribution is -2.36. The van der Waals surface area contributed by atoms with E-state index in [9.17, 15) is 13.2 Å². The average molecular weight is 288 g/mol. The van der Waals surface area contributed by atoms with E-state index in [0.717, 1.165) is 24.1 Å². The Morgan fingerprint density at radius 3 is 2.78 bits per heavy atom. The van der Waals surface area contributed by atoms with E-state index in [0.29, 0.717) is 6.54 Å². The molecule has 0 fully saturated rings. The van der Waals surface area contributed by atoms with Crippen molar-refractivity contribution in [1.29, 1.82) is 0 Å². The molecule has 4 nitrogen and oxygen atoms in total. The van der Waals surface area contributed by atoms with Crippen molar-refractivity contribution >= 4 is 31.3 Å². The van der Waals surface area contributed by atoms with Crippen LogP contribution in [0.2, 0.25) is 0 Å². The number of rotatable bonds is 3. The average Bonchev–Trinajstić information content (AvgIpc) is 2.34. The molecule has 1 aromatic rings. The molecule has 0 saturated heterocycles. The molecule has 1 aromatic carbocycles. The lowest BCUT2D eigenvalue weighted by atomic mass is 10.0. The van der Waals surface area contributed by atoms with Crippen LogP contribution in [0.3, 0.4) is 0 Å². The van der Waals surface area contributed by atoms with Crippen LogP contribution in [0.15, 0.2) is 24.3 Å². The lowest BCUT2D eigenvalue weighted by Gasteiger charge is -2.29. The summed E-state index contributed by atoms with van der Waals surface area (Å²) in [6.45, 7) is 0.637. The number of amides is 1. The minimum atomic E-state index is -3.61. The normalized spacial score (nSPS) is 15.3. The Morgan fingerprint density at radius 2 is 2.06 bits per heavy atom. The molecule has 0 saturated carbocycles. The van der Waals surface area contributed by atoms with E-state index in [1.807, 2.05) is 24.3 Å². The predicted molar refractivity (Wildman–Crippen MR) is 71.4 cm³/mol. The Morgan fingerprint density at radius 1 is 1.33 bits per heavy atom. The highest BCUT2D eigenvalue weighted by atomic mass is 35.7. The van der Waals surface area contributed by atoms with Gasteiger partial charge in [0.15, 0.2) is 0 Å². The number of carbonyl (C=O) groups is 1. The summed E-state index contributed by atoms with van der Waals surface area (Å²) in [5, 5.41) is 0. The highest BCUT2D eigenvalue weighted by molar-refractivity contribution is 8.13. The standard InChI is InChI=1S/C12H14ClNO3S/c13-18(16,17)9-7-12(15)14-8-3-5-10-4-1-2-6-11(10)14/h1-2,4,6H,3,5,7-9H2. The van der Waals surface area contributed by atoms with Gasteiger partial charge in [-0.3, -0.25) is 4.79 Å². The monoisotopic (exact) mass is 287 g/mol. The van der Waals surface area contributed by atoms with Crippen molar-refractivity contribution in [3.05, 3.63) is 29.8 Å². The van der Waals surface area contributed by atoms with Crippen molar-refractivity contribution in [2.24, 2.45) is 0 Å². The summed E-state index contributed by atoms with van der Waals surface area (Å²) in [5.74, 6) is -0.502. The molecule has 0 aromatic heterocycles. The molecular formula is C12H14ClNO3S. The topological polar surface area (TPSA) is 54.5 Å². The first-order valence-electron chi connectivity index (χ1n) is 5.78. The van der Waals surface area contributed by atoms with E-state index in [1.165, 1.54) is 0 Å². The molecule has 18 heavy (non-hydrogen) atoms. The minimum Gasteiger partial charge on any atom is -0.312 e. The fourth-order valence-corrected chi connectivity index (χ4v) is 2.79. The lowest BCUT2D eigenvalue weighted by molar-refractivity contribution is -0.118. The van der Waals surface area contributed by atoms with Crippen molar-refractivity contribution in [3.63, 3.8) is 0 Å². The van der Waals surface area contributed by atoms with Gasteiger partial charge < -0.3 is 4.90 Å². The molecule has 2 rings (SSSR count). The number of nitrogens with zero attached hydrogens (tertiary/aromatic N) is 1. The van der Waals surface area contributed by atoms with Crippen LogP contribution in [-0.2, 0) is 20.3 Å². The van der Waals surface area contributed by atoms with Gasteiger partial charge in [0.2, 0.25) is 15.0 Å². The Labute approximate surface area is 111 Å². The minimum absolute atomic E-state index is 0.0693. The van der Waals surface area contributed by atoms with Crippen LogP contribution in [0.1, 0.15) is 18.4 Å². The van der Waals surface area contributed by atoms with Gasteiger partial charge in [0, 0.05) is 29.3 Å². The van der Waals surface area contributed by atoms with Gasteiger partial charge in [0.1, 0.15) is 0 Å². The summed E-state index contributed by atoms with van der Waals surface area (Å²) in [6.07, 6.45) is 1.78. The van der Waals surface area contributed by atoms with Crippen LogP contribution >= 0.6 is 10.7 Å². The number of aryl methyl sites for hydroxylation is 1. The van der Waals surface area contributed by atoms with Crippen LogP contribution in [0.4, 0.5) is 5.69 Å². The number of carbonyl (C=O) groups excluding carboxylic acids is 1. The fourth-order valence-electron chi connectivity index (χ4n) is 2.14. The zero-order valence-corrected chi connectivity index (χ0v) is 11.4. The van der Waals surface area contributed by atoms with Crippen LogP contribution in [0, 0.1) is 0 Å². The smallest absolute Gasteiger partial charge is 0.233 e. The van der Waals surface area contributed by atoms with E-state index in [4.69, 9.17) is 10.7 Å². The first-order chi connectivity index (χ1) is 8.47. The third kappa shape index (κ3) is 3.23. The summed E-state index contributed by atoms with van der Waals surface area (Å²) in [5.41, 5.74) is 2.02. The SMILES string of the molecule is O=C(CCS(=O)(=O)Cl)N1CCCc2ccccc21. The van der Waals surface area contributed by atoms with E-state index < -0.39 is 9.05 Å². The summed E-state index contributed by atoms with van der Waals surface area (Å²) < 4.78 is 21.7. The molecular weight excluding hydrogens is 274 g/mol. The highest BCUT2D eigenvalue weighted by Gasteiger charge is 2.22. The van der Waals surface area contributed by atoms with Gasteiger partial charge in [-0.25, -0.2) is 8.42 Å². The number of para-hydroxylation sites is 1. The molecule has 0 spiro atoms. The third-order valence-corrected chi connectivity index (χ3v) is 4.13. The third-order valence-electron chi connectivity index (χ3n) is 2.97. The number of halogens is 1. The second-order valence-corrected chi connectivity index (χ2v) is 7.17. The molecule has 1 aliphatic rings. The fraction of sp³-hybridized carbons (Fsp3) is 0.417. The van der Waals surface area contributed by atoms with Gasteiger partial charge >= 0.3 is 0 Å². The zero-order valence-electron chi connectivity index (χ0n) is 9.80. The van der Waals surface area contributed by atoms with E-state index in [-0.39, 0.29) is 18.1 Å². The second kappa shape index (κ2) is 5.28. The maximum atomic E-state index is 12.0. The van der Waals surface area contributed by atoms with Gasteiger partial charge in [0.25, 0.3) is 0 Å². The molecule has 0 bridgehead atoms. The molecule has 6 heteroatoms. The second-order valence-electron chi connectivity index (χ2n) is 4.27. The van der Waals surface area contributed by atoms with Crippen molar-refractivity contribution < 1.29 is 13.2 Å². The summed E-state index contributed by atoms with van der Waals surface area (Å²) in [7, 11) is 1.51. The first-order valence-corrected chi connectivity index (χ1v) is 8.26. The largest absolute Gasteiger partial charge is 0.312 e. The molecule has 0 atom stereocenters. The molecule has 0 N–H and O–H groups in total. The molecule has 1 heterocycles. The quantitative estimate of drug-likeness (QED) is 0.798. The van der Waals surface area contributed by atoms with Crippen molar-refractivity contribution in [1.82, 2.24) is 0 Å². The number of benzene rings is 1. The Bertz CT molecular complexity index is 556. The molecule has 1 aliphatic heterocycles. The van der Waals surface area contributed by atoms with E-state index >= 15 is 0 Å². The van der Waals surface area contributed by atoms with Crippen LogP contribution in [0.5, 0.6) is 0 Å².